The molecule has 0 amide bonds. The summed E-state index contributed by atoms with van der Waals surface area (Å²) in [5.41, 5.74) is 0.527. The summed E-state index contributed by atoms with van der Waals surface area (Å²) in [5.74, 6) is -0.319. The largest absolute Gasteiger partial charge is 0.298 e. The van der Waals surface area contributed by atoms with E-state index in [0.29, 0.717) is 10.9 Å². The molecule has 0 fully saturated rings. The van der Waals surface area contributed by atoms with Crippen LogP contribution in [0.4, 0.5) is 4.39 Å². The fourth-order valence-corrected chi connectivity index (χ4v) is 2.88. The summed E-state index contributed by atoms with van der Waals surface area (Å²) in [7, 11) is 0. The zero-order valence-corrected chi connectivity index (χ0v) is 8.78. The number of carbonyl (C=O) groups is 1. The first kappa shape index (κ1) is 8.84. The zero-order valence-electron chi connectivity index (χ0n) is 6.38. The van der Waals surface area contributed by atoms with Crippen molar-refractivity contribution in [1.29, 1.82) is 0 Å². The molecule has 0 radical (unpaired) electrons. The average molecular weight is 259 g/mol. The van der Waals surface area contributed by atoms with Gasteiger partial charge in [0.25, 0.3) is 0 Å². The van der Waals surface area contributed by atoms with Crippen LogP contribution in [0.3, 0.4) is 0 Å². The van der Waals surface area contributed by atoms with E-state index in [9.17, 15) is 9.18 Å². The molecule has 0 saturated carbocycles. The van der Waals surface area contributed by atoms with Crippen LogP contribution in [0.15, 0.2) is 22.0 Å². The Morgan fingerprint density at radius 3 is 2.92 bits per heavy atom. The second kappa shape index (κ2) is 3.20. The van der Waals surface area contributed by atoms with E-state index in [1.165, 1.54) is 23.5 Å². The van der Waals surface area contributed by atoms with Gasteiger partial charge in [-0.1, -0.05) is 0 Å². The Kier molecular flexibility index (Phi) is 2.17. The quantitative estimate of drug-likeness (QED) is 0.715. The van der Waals surface area contributed by atoms with Crippen LogP contribution in [-0.4, -0.2) is 6.29 Å². The van der Waals surface area contributed by atoms with Gasteiger partial charge in [-0.05, 0) is 34.1 Å². The van der Waals surface area contributed by atoms with Crippen LogP contribution in [0.5, 0.6) is 0 Å². The van der Waals surface area contributed by atoms with Gasteiger partial charge in [0.2, 0.25) is 0 Å². The van der Waals surface area contributed by atoms with Crippen molar-refractivity contribution in [2.45, 2.75) is 0 Å². The van der Waals surface area contributed by atoms with E-state index >= 15 is 0 Å². The van der Waals surface area contributed by atoms with Crippen molar-refractivity contribution in [1.82, 2.24) is 0 Å². The lowest BCUT2D eigenvalue weighted by atomic mass is 10.2. The molecule has 1 aromatic heterocycles. The molecule has 0 unspecified atom stereocenters. The second-order valence-electron chi connectivity index (χ2n) is 2.55. The molecule has 0 aliphatic carbocycles. The lowest BCUT2D eigenvalue weighted by Crippen LogP contribution is -1.78. The number of halogens is 2. The van der Waals surface area contributed by atoms with Gasteiger partial charge in [0.05, 0.1) is 3.79 Å². The Bertz CT molecular complexity index is 478. The van der Waals surface area contributed by atoms with E-state index in [0.717, 1.165) is 14.8 Å². The number of carbonyl (C=O) groups excluding carboxylic acids is 1. The Labute approximate surface area is 86.3 Å². The molecule has 2 aromatic rings. The molecule has 0 aliphatic heterocycles. The summed E-state index contributed by atoms with van der Waals surface area (Å²) < 4.78 is 14.5. The van der Waals surface area contributed by atoms with Crippen LogP contribution in [0.2, 0.25) is 0 Å². The molecular weight excluding hydrogens is 255 g/mol. The molecule has 4 heteroatoms. The molecule has 0 atom stereocenters. The monoisotopic (exact) mass is 258 g/mol. The minimum atomic E-state index is -0.319. The molecule has 0 N–H and O–H groups in total. The van der Waals surface area contributed by atoms with Gasteiger partial charge >= 0.3 is 0 Å². The van der Waals surface area contributed by atoms with Gasteiger partial charge < -0.3 is 0 Å². The lowest BCUT2D eigenvalue weighted by molar-refractivity contribution is 0.112. The van der Waals surface area contributed by atoms with Crippen LogP contribution >= 0.6 is 27.3 Å². The highest BCUT2D eigenvalue weighted by Crippen LogP contribution is 2.34. The maximum Gasteiger partial charge on any atom is 0.152 e. The van der Waals surface area contributed by atoms with Gasteiger partial charge in [0.15, 0.2) is 6.29 Å². The van der Waals surface area contributed by atoms with Crippen molar-refractivity contribution < 1.29 is 9.18 Å². The molecule has 1 nitrogen and oxygen atoms in total. The van der Waals surface area contributed by atoms with E-state index < -0.39 is 0 Å². The number of rotatable bonds is 1. The Hall–Kier alpha value is -0.740. The van der Waals surface area contributed by atoms with Crippen molar-refractivity contribution in [3.63, 3.8) is 0 Å². The Morgan fingerprint density at radius 1 is 1.46 bits per heavy atom. The summed E-state index contributed by atoms with van der Waals surface area (Å²) in [4.78, 5) is 10.7. The maximum absolute atomic E-state index is 12.8. The molecule has 13 heavy (non-hydrogen) atoms. The highest BCUT2D eigenvalue weighted by atomic mass is 79.9. The first-order valence-corrected chi connectivity index (χ1v) is 5.16. The zero-order chi connectivity index (χ0) is 9.42. The number of fused-ring (bicyclic) bond motifs is 1. The number of aldehydes is 1. The Balaban J connectivity index is 2.88. The molecular formula is C9H4BrFOS. The van der Waals surface area contributed by atoms with Gasteiger partial charge in [-0.3, -0.25) is 4.79 Å². The second-order valence-corrected chi connectivity index (χ2v) is 4.92. The predicted molar refractivity (Wildman–Crippen MR) is 54.9 cm³/mol. The minimum Gasteiger partial charge on any atom is -0.298 e. The summed E-state index contributed by atoms with van der Waals surface area (Å²) in [6.45, 7) is 0. The Morgan fingerprint density at radius 2 is 2.23 bits per heavy atom. The van der Waals surface area contributed by atoms with Crippen molar-refractivity contribution >= 4 is 43.6 Å². The van der Waals surface area contributed by atoms with Gasteiger partial charge in [0, 0.05) is 15.6 Å². The fraction of sp³-hybridized carbons (Fsp3) is 0. The first-order valence-electron chi connectivity index (χ1n) is 3.55. The lowest BCUT2D eigenvalue weighted by Gasteiger charge is -1.90. The predicted octanol–water partition coefficient (Wildman–Crippen LogP) is 3.62. The third-order valence-electron chi connectivity index (χ3n) is 1.76. The molecule has 0 spiro atoms. The average Bonchev–Trinajstić information content (AvgIpc) is 2.40. The number of thiophene rings is 1. The van der Waals surface area contributed by atoms with E-state index in [1.54, 1.807) is 6.07 Å². The summed E-state index contributed by atoms with van der Waals surface area (Å²) in [6, 6.07) is 4.44. The SMILES string of the molecule is O=Cc1c(Br)sc2ccc(F)cc12. The van der Waals surface area contributed by atoms with Crippen molar-refractivity contribution in [2.24, 2.45) is 0 Å². The normalized spacial score (nSPS) is 10.6. The van der Waals surface area contributed by atoms with Crippen LogP contribution < -0.4 is 0 Å². The van der Waals surface area contributed by atoms with Gasteiger partial charge in [-0.15, -0.1) is 11.3 Å². The molecule has 0 aliphatic rings. The third-order valence-corrected chi connectivity index (χ3v) is 3.65. The van der Waals surface area contributed by atoms with E-state index in [1.807, 2.05) is 0 Å². The van der Waals surface area contributed by atoms with Gasteiger partial charge in [0.1, 0.15) is 5.82 Å². The first-order chi connectivity index (χ1) is 6.22. The molecule has 1 aromatic carbocycles. The molecule has 66 valence electrons. The van der Waals surface area contributed by atoms with Crippen molar-refractivity contribution in [3.05, 3.63) is 33.4 Å². The summed E-state index contributed by atoms with van der Waals surface area (Å²) >= 11 is 4.69. The minimum absolute atomic E-state index is 0.319. The van der Waals surface area contributed by atoms with Crippen LogP contribution in [0.1, 0.15) is 10.4 Å². The highest BCUT2D eigenvalue weighted by molar-refractivity contribution is 9.11. The van der Waals surface area contributed by atoms with E-state index in [2.05, 4.69) is 15.9 Å². The van der Waals surface area contributed by atoms with Crippen LogP contribution in [0.25, 0.3) is 10.1 Å². The van der Waals surface area contributed by atoms with Gasteiger partial charge in [-0.25, -0.2) is 4.39 Å². The highest BCUT2D eigenvalue weighted by Gasteiger charge is 2.09. The number of benzene rings is 1. The summed E-state index contributed by atoms with van der Waals surface area (Å²) in [5, 5.41) is 0.673. The fourth-order valence-electron chi connectivity index (χ4n) is 1.17. The third kappa shape index (κ3) is 1.40. The smallest absolute Gasteiger partial charge is 0.152 e. The number of hydrogen-bond acceptors (Lipinski definition) is 2. The van der Waals surface area contributed by atoms with Crippen molar-refractivity contribution in [2.75, 3.05) is 0 Å². The molecule has 1 heterocycles. The topological polar surface area (TPSA) is 17.1 Å². The van der Waals surface area contributed by atoms with Crippen LogP contribution in [-0.2, 0) is 0 Å². The van der Waals surface area contributed by atoms with Crippen LogP contribution in [0, 0.1) is 5.82 Å². The van der Waals surface area contributed by atoms with Crippen molar-refractivity contribution in [3.8, 4) is 0 Å². The standard InChI is InChI=1S/C9H4BrFOS/c10-9-7(4-12)6-3-5(11)1-2-8(6)13-9/h1-4H. The van der Waals surface area contributed by atoms with Gasteiger partial charge in [-0.2, -0.15) is 0 Å². The van der Waals surface area contributed by atoms with E-state index in [4.69, 9.17) is 0 Å². The van der Waals surface area contributed by atoms with E-state index in [-0.39, 0.29) is 5.82 Å². The summed E-state index contributed by atoms with van der Waals surface area (Å²) in [6.07, 6.45) is 0.738. The molecule has 0 saturated heterocycles. The number of hydrogen-bond donors (Lipinski definition) is 0. The maximum atomic E-state index is 12.8. The molecule has 2 rings (SSSR count). The molecule has 0 bridgehead atoms.